The Hall–Kier alpha value is -1.08. The SMILES string of the molecule is CCC(C)N1CCC=C(c2ccccc2)CC1. The highest BCUT2D eigenvalue weighted by Crippen LogP contribution is 2.23. The lowest BCUT2D eigenvalue weighted by molar-refractivity contribution is 0.215. The number of rotatable bonds is 3. The van der Waals surface area contributed by atoms with Gasteiger partial charge in [0.05, 0.1) is 0 Å². The van der Waals surface area contributed by atoms with Crippen LogP contribution in [0.3, 0.4) is 0 Å². The van der Waals surface area contributed by atoms with Gasteiger partial charge in [-0.1, -0.05) is 43.3 Å². The Kier molecular flexibility index (Phi) is 4.38. The van der Waals surface area contributed by atoms with Gasteiger partial charge in [0.1, 0.15) is 0 Å². The van der Waals surface area contributed by atoms with Gasteiger partial charge in [-0.25, -0.2) is 0 Å². The molecule has 0 fully saturated rings. The molecule has 1 aliphatic heterocycles. The highest BCUT2D eigenvalue weighted by Gasteiger charge is 2.15. The standard InChI is InChI=1S/C16H23N/c1-3-14(2)17-12-7-10-16(11-13-17)15-8-5-4-6-9-15/h4-6,8-10,14H,3,7,11-13H2,1-2H3. The van der Waals surface area contributed by atoms with Gasteiger partial charge in [-0.3, -0.25) is 0 Å². The number of nitrogens with zero attached hydrogens (tertiary/aromatic N) is 1. The maximum Gasteiger partial charge on any atom is 0.00645 e. The molecule has 1 aromatic rings. The third kappa shape index (κ3) is 3.19. The molecule has 1 heteroatoms. The first-order valence-electron chi connectivity index (χ1n) is 6.79. The van der Waals surface area contributed by atoms with Crippen LogP contribution in [0.2, 0.25) is 0 Å². The van der Waals surface area contributed by atoms with Crippen molar-refractivity contribution in [1.82, 2.24) is 4.90 Å². The molecule has 0 aromatic heterocycles. The van der Waals surface area contributed by atoms with Crippen molar-refractivity contribution in [2.75, 3.05) is 13.1 Å². The lowest BCUT2D eigenvalue weighted by Crippen LogP contribution is -2.33. The lowest BCUT2D eigenvalue weighted by Gasteiger charge is -2.26. The van der Waals surface area contributed by atoms with Gasteiger partial charge in [0.15, 0.2) is 0 Å². The van der Waals surface area contributed by atoms with E-state index in [0.717, 1.165) is 6.04 Å². The molecule has 1 atom stereocenters. The predicted molar refractivity (Wildman–Crippen MR) is 75.0 cm³/mol. The van der Waals surface area contributed by atoms with Crippen molar-refractivity contribution in [2.45, 2.75) is 39.2 Å². The van der Waals surface area contributed by atoms with Gasteiger partial charge in [-0.15, -0.1) is 0 Å². The van der Waals surface area contributed by atoms with Crippen molar-refractivity contribution in [3.05, 3.63) is 42.0 Å². The minimum atomic E-state index is 0.721. The zero-order chi connectivity index (χ0) is 12.1. The van der Waals surface area contributed by atoms with Crippen LogP contribution in [0.1, 0.15) is 38.7 Å². The summed E-state index contributed by atoms with van der Waals surface area (Å²) in [7, 11) is 0. The molecule has 2 rings (SSSR count). The summed E-state index contributed by atoms with van der Waals surface area (Å²) in [5.41, 5.74) is 2.93. The van der Waals surface area contributed by atoms with Gasteiger partial charge in [-0.2, -0.15) is 0 Å². The van der Waals surface area contributed by atoms with E-state index in [2.05, 4.69) is 55.2 Å². The van der Waals surface area contributed by atoms with Crippen molar-refractivity contribution >= 4 is 5.57 Å². The number of hydrogen-bond acceptors (Lipinski definition) is 1. The Morgan fingerprint density at radius 2 is 1.94 bits per heavy atom. The van der Waals surface area contributed by atoms with E-state index >= 15 is 0 Å². The molecule has 1 heterocycles. The monoisotopic (exact) mass is 229 g/mol. The first-order valence-corrected chi connectivity index (χ1v) is 6.79. The Balaban J connectivity index is 2.02. The fraction of sp³-hybridized carbons (Fsp3) is 0.500. The van der Waals surface area contributed by atoms with Crippen molar-refractivity contribution in [2.24, 2.45) is 0 Å². The lowest BCUT2D eigenvalue weighted by atomic mass is 10.0. The predicted octanol–water partition coefficient (Wildman–Crippen LogP) is 3.96. The highest BCUT2D eigenvalue weighted by molar-refractivity contribution is 5.65. The summed E-state index contributed by atoms with van der Waals surface area (Å²) in [5, 5.41) is 0. The van der Waals surface area contributed by atoms with Gasteiger partial charge < -0.3 is 4.90 Å². The maximum absolute atomic E-state index is 2.62. The second-order valence-electron chi connectivity index (χ2n) is 4.93. The molecule has 0 amide bonds. The van der Waals surface area contributed by atoms with Crippen LogP contribution in [0.4, 0.5) is 0 Å². The van der Waals surface area contributed by atoms with E-state index in [-0.39, 0.29) is 0 Å². The summed E-state index contributed by atoms with van der Waals surface area (Å²) < 4.78 is 0. The van der Waals surface area contributed by atoms with Crippen LogP contribution in [0.15, 0.2) is 36.4 Å². The van der Waals surface area contributed by atoms with E-state index in [0.29, 0.717) is 0 Å². The molecule has 17 heavy (non-hydrogen) atoms. The van der Waals surface area contributed by atoms with Crippen molar-refractivity contribution < 1.29 is 0 Å². The first kappa shape index (κ1) is 12.4. The van der Waals surface area contributed by atoms with Crippen LogP contribution in [-0.4, -0.2) is 24.0 Å². The van der Waals surface area contributed by atoms with E-state index in [4.69, 9.17) is 0 Å². The quantitative estimate of drug-likeness (QED) is 0.758. The molecular weight excluding hydrogens is 206 g/mol. The largest absolute Gasteiger partial charge is 0.300 e. The minimum absolute atomic E-state index is 0.721. The third-order valence-corrected chi connectivity index (χ3v) is 3.83. The molecule has 0 saturated heterocycles. The molecular formula is C16H23N. The van der Waals surface area contributed by atoms with E-state index in [1.807, 2.05) is 0 Å². The molecule has 1 nitrogen and oxygen atoms in total. The maximum atomic E-state index is 2.62. The van der Waals surface area contributed by atoms with Crippen molar-refractivity contribution in [3.8, 4) is 0 Å². The van der Waals surface area contributed by atoms with Gasteiger partial charge in [-0.05, 0) is 37.3 Å². The van der Waals surface area contributed by atoms with Crippen molar-refractivity contribution in [1.29, 1.82) is 0 Å². The Bertz CT molecular complexity index is 366. The molecule has 0 saturated carbocycles. The molecule has 1 unspecified atom stereocenters. The van der Waals surface area contributed by atoms with Crippen LogP contribution in [-0.2, 0) is 0 Å². The summed E-state index contributed by atoms with van der Waals surface area (Å²) in [5.74, 6) is 0. The molecule has 0 bridgehead atoms. The highest BCUT2D eigenvalue weighted by atomic mass is 15.1. The topological polar surface area (TPSA) is 3.24 Å². The van der Waals surface area contributed by atoms with Crippen LogP contribution in [0.25, 0.3) is 5.57 Å². The van der Waals surface area contributed by atoms with E-state index < -0.39 is 0 Å². The zero-order valence-electron chi connectivity index (χ0n) is 11.0. The van der Waals surface area contributed by atoms with E-state index in [1.165, 1.54) is 43.5 Å². The normalized spacial score (nSPS) is 19.5. The minimum Gasteiger partial charge on any atom is -0.300 e. The molecule has 1 aliphatic rings. The average Bonchev–Trinajstić information content (AvgIpc) is 2.64. The molecule has 92 valence electrons. The van der Waals surface area contributed by atoms with Crippen LogP contribution in [0, 0.1) is 0 Å². The second-order valence-corrected chi connectivity index (χ2v) is 4.93. The van der Waals surface area contributed by atoms with E-state index in [1.54, 1.807) is 0 Å². The molecule has 0 N–H and O–H groups in total. The van der Waals surface area contributed by atoms with Crippen LogP contribution in [0.5, 0.6) is 0 Å². The van der Waals surface area contributed by atoms with Gasteiger partial charge in [0.2, 0.25) is 0 Å². The second kappa shape index (κ2) is 6.02. The summed E-state index contributed by atoms with van der Waals surface area (Å²) in [6.45, 7) is 7.04. The molecule has 0 spiro atoms. The fourth-order valence-corrected chi connectivity index (χ4v) is 2.50. The zero-order valence-corrected chi connectivity index (χ0v) is 11.0. The van der Waals surface area contributed by atoms with E-state index in [9.17, 15) is 0 Å². The van der Waals surface area contributed by atoms with Crippen molar-refractivity contribution in [3.63, 3.8) is 0 Å². The molecule has 0 radical (unpaired) electrons. The number of hydrogen-bond donors (Lipinski definition) is 0. The van der Waals surface area contributed by atoms with Gasteiger partial charge in [0, 0.05) is 19.1 Å². The van der Waals surface area contributed by atoms with Gasteiger partial charge in [0.25, 0.3) is 0 Å². The summed E-state index contributed by atoms with van der Waals surface area (Å²) in [6.07, 6.45) is 6.06. The fourth-order valence-electron chi connectivity index (χ4n) is 2.50. The Labute approximate surface area is 105 Å². The van der Waals surface area contributed by atoms with Crippen LogP contribution < -0.4 is 0 Å². The smallest absolute Gasteiger partial charge is 0.00645 e. The average molecular weight is 229 g/mol. The van der Waals surface area contributed by atoms with Crippen LogP contribution >= 0.6 is 0 Å². The Morgan fingerprint density at radius 1 is 1.18 bits per heavy atom. The first-order chi connectivity index (χ1) is 8.31. The summed E-state index contributed by atoms with van der Waals surface area (Å²) >= 11 is 0. The molecule has 0 aliphatic carbocycles. The van der Waals surface area contributed by atoms with Gasteiger partial charge >= 0.3 is 0 Å². The third-order valence-electron chi connectivity index (χ3n) is 3.83. The summed E-state index contributed by atoms with van der Waals surface area (Å²) in [4.78, 5) is 2.62. The Morgan fingerprint density at radius 3 is 2.65 bits per heavy atom. The number of benzene rings is 1. The molecule has 1 aromatic carbocycles. The summed E-state index contributed by atoms with van der Waals surface area (Å²) in [6, 6.07) is 11.5.